The minimum absolute atomic E-state index is 0.187. The Labute approximate surface area is 125 Å². The lowest BCUT2D eigenvalue weighted by Crippen LogP contribution is -2.58. The zero-order valence-electron chi connectivity index (χ0n) is 12.9. The molecule has 3 unspecified atom stereocenters. The van der Waals surface area contributed by atoms with Crippen LogP contribution in [0.15, 0.2) is 0 Å². The molecule has 6 heteroatoms. The Morgan fingerprint density at radius 2 is 1.76 bits per heavy atom. The molecular weight excluding hydrogens is 279 g/mol. The van der Waals surface area contributed by atoms with Gasteiger partial charge in [-0.1, -0.05) is 19.8 Å². The van der Waals surface area contributed by atoms with Crippen LogP contribution < -0.4 is 5.73 Å². The molecule has 2 fully saturated rings. The average molecular weight is 307 g/mol. The van der Waals surface area contributed by atoms with Crippen molar-refractivity contribution < 1.29 is 13.2 Å². The van der Waals surface area contributed by atoms with Gasteiger partial charge >= 0.3 is 6.18 Å². The van der Waals surface area contributed by atoms with Crippen LogP contribution in [0.1, 0.15) is 39.0 Å². The third-order valence-electron chi connectivity index (χ3n) is 4.95. The monoisotopic (exact) mass is 307 g/mol. The minimum atomic E-state index is -4.09. The molecule has 0 radical (unpaired) electrons. The van der Waals surface area contributed by atoms with Crippen molar-refractivity contribution in [3.05, 3.63) is 0 Å². The van der Waals surface area contributed by atoms with Crippen LogP contribution in [0.4, 0.5) is 13.2 Å². The van der Waals surface area contributed by atoms with Crippen LogP contribution in [0, 0.1) is 5.92 Å². The van der Waals surface area contributed by atoms with E-state index in [0.717, 1.165) is 18.8 Å². The third-order valence-corrected chi connectivity index (χ3v) is 4.95. The molecule has 1 heterocycles. The van der Waals surface area contributed by atoms with Crippen LogP contribution in [0.3, 0.4) is 0 Å². The molecule has 21 heavy (non-hydrogen) atoms. The summed E-state index contributed by atoms with van der Waals surface area (Å²) in [4.78, 5) is 3.84. The molecule has 0 amide bonds. The number of alkyl halides is 3. The average Bonchev–Trinajstić information content (AvgIpc) is 2.40. The normalized spacial score (nSPS) is 33.3. The quantitative estimate of drug-likeness (QED) is 0.866. The van der Waals surface area contributed by atoms with Gasteiger partial charge in [-0.3, -0.25) is 9.80 Å². The molecule has 0 bridgehead atoms. The second kappa shape index (κ2) is 7.29. The highest BCUT2D eigenvalue weighted by Gasteiger charge is 2.36. The molecule has 2 N–H and O–H groups in total. The first-order chi connectivity index (χ1) is 9.89. The van der Waals surface area contributed by atoms with Gasteiger partial charge in [0.15, 0.2) is 0 Å². The molecule has 1 aliphatic carbocycles. The standard InChI is InChI=1S/C15H28F3N3/c1-2-3-12-4-5-13(19)14(10-12)21-8-6-20(7-9-21)11-15(16,17)18/h12-14H,2-11,19H2,1H3. The highest BCUT2D eigenvalue weighted by Crippen LogP contribution is 2.31. The molecule has 124 valence electrons. The number of hydrogen-bond donors (Lipinski definition) is 1. The van der Waals surface area contributed by atoms with Gasteiger partial charge in [-0.2, -0.15) is 13.2 Å². The summed E-state index contributed by atoms with van der Waals surface area (Å²) in [6, 6.07) is 0.551. The number of halogens is 3. The summed E-state index contributed by atoms with van der Waals surface area (Å²) in [7, 11) is 0. The van der Waals surface area contributed by atoms with Crippen molar-refractivity contribution in [1.29, 1.82) is 0 Å². The van der Waals surface area contributed by atoms with Crippen LogP contribution in [0.5, 0.6) is 0 Å². The van der Waals surface area contributed by atoms with E-state index in [1.54, 1.807) is 0 Å². The fourth-order valence-corrected chi connectivity index (χ4v) is 3.85. The molecule has 3 nitrogen and oxygen atoms in total. The van der Waals surface area contributed by atoms with Gasteiger partial charge in [-0.15, -0.1) is 0 Å². The Morgan fingerprint density at radius 1 is 1.10 bits per heavy atom. The van der Waals surface area contributed by atoms with Crippen molar-refractivity contribution in [2.45, 2.75) is 57.3 Å². The number of nitrogens with two attached hydrogens (primary N) is 1. The number of rotatable bonds is 4. The van der Waals surface area contributed by atoms with E-state index in [9.17, 15) is 13.2 Å². The van der Waals surface area contributed by atoms with E-state index in [1.807, 2.05) is 0 Å². The molecule has 1 saturated carbocycles. The molecule has 1 saturated heterocycles. The largest absolute Gasteiger partial charge is 0.401 e. The Morgan fingerprint density at radius 3 is 2.33 bits per heavy atom. The molecule has 0 spiro atoms. The van der Waals surface area contributed by atoms with E-state index in [-0.39, 0.29) is 6.04 Å². The molecule has 2 aliphatic rings. The van der Waals surface area contributed by atoms with E-state index < -0.39 is 12.7 Å². The van der Waals surface area contributed by atoms with Crippen molar-refractivity contribution in [3.63, 3.8) is 0 Å². The maximum absolute atomic E-state index is 12.4. The van der Waals surface area contributed by atoms with Crippen LogP contribution in [-0.2, 0) is 0 Å². The van der Waals surface area contributed by atoms with Gasteiger partial charge in [0.25, 0.3) is 0 Å². The van der Waals surface area contributed by atoms with Crippen molar-refractivity contribution in [1.82, 2.24) is 9.80 Å². The van der Waals surface area contributed by atoms with E-state index in [2.05, 4.69) is 11.8 Å². The lowest BCUT2D eigenvalue weighted by atomic mass is 9.79. The van der Waals surface area contributed by atoms with Gasteiger partial charge in [0.2, 0.25) is 0 Å². The van der Waals surface area contributed by atoms with Crippen molar-refractivity contribution in [2.24, 2.45) is 11.7 Å². The summed E-state index contributed by atoms with van der Waals surface area (Å²) in [6.45, 7) is 3.86. The second-order valence-electron chi connectivity index (χ2n) is 6.63. The zero-order valence-corrected chi connectivity index (χ0v) is 12.9. The van der Waals surface area contributed by atoms with Gasteiger partial charge in [0.1, 0.15) is 0 Å². The lowest BCUT2D eigenvalue weighted by Gasteiger charge is -2.45. The summed E-state index contributed by atoms with van der Waals surface area (Å²) in [5.41, 5.74) is 6.27. The van der Waals surface area contributed by atoms with Crippen molar-refractivity contribution in [3.8, 4) is 0 Å². The Hall–Kier alpha value is -0.330. The number of piperazine rings is 1. The fourth-order valence-electron chi connectivity index (χ4n) is 3.85. The van der Waals surface area contributed by atoms with Crippen LogP contribution in [0.25, 0.3) is 0 Å². The summed E-state index contributed by atoms with van der Waals surface area (Å²) < 4.78 is 37.2. The van der Waals surface area contributed by atoms with Crippen LogP contribution >= 0.6 is 0 Å². The van der Waals surface area contributed by atoms with Gasteiger partial charge in [0.05, 0.1) is 6.54 Å². The van der Waals surface area contributed by atoms with E-state index in [1.165, 1.54) is 24.2 Å². The highest BCUT2D eigenvalue weighted by molar-refractivity contribution is 4.91. The Balaban J connectivity index is 1.83. The first kappa shape index (κ1) is 17.0. The maximum Gasteiger partial charge on any atom is 0.401 e. The van der Waals surface area contributed by atoms with Crippen molar-refractivity contribution in [2.75, 3.05) is 32.7 Å². The Bertz CT molecular complexity index is 314. The fraction of sp³-hybridized carbons (Fsp3) is 1.00. The first-order valence-electron chi connectivity index (χ1n) is 8.17. The first-order valence-corrected chi connectivity index (χ1v) is 8.17. The topological polar surface area (TPSA) is 32.5 Å². The van der Waals surface area contributed by atoms with E-state index in [4.69, 9.17) is 5.73 Å². The molecule has 2 rings (SSSR count). The van der Waals surface area contributed by atoms with Crippen LogP contribution in [-0.4, -0.2) is 60.8 Å². The van der Waals surface area contributed by atoms with Gasteiger partial charge in [-0.05, 0) is 25.2 Å². The zero-order chi connectivity index (χ0) is 15.5. The molecular formula is C15H28F3N3. The molecule has 0 aromatic heterocycles. The Kier molecular flexibility index (Phi) is 5.91. The molecule has 0 aromatic rings. The minimum Gasteiger partial charge on any atom is -0.326 e. The smallest absolute Gasteiger partial charge is 0.326 e. The van der Waals surface area contributed by atoms with Crippen molar-refractivity contribution >= 4 is 0 Å². The molecule has 1 aliphatic heterocycles. The second-order valence-corrected chi connectivity index (χ2v) is 6.63. The summed E-state index contributed by atoms with van der Waals surface area (Å²) >= 11 is 0. The third kappa shape index (κ3) is 5.11. The van der Waals surface area contributed by atoms with Crippen LogP contribution in [0.2, 0.25) is 0 Å². The van der Waals surface area contributed by atoms with Gasteiger partial charge in [0, 0.05) is 38.3 Å². The number of hydrogen-bond acceptors (Lipinski definition) is 3. The maximum atomic E-state index is 12.4. The summed E-state index contributed by atoms with van der Waals surface area (Å²) in [6.07, 6.45) is 1.74. The van der Waals surface area contributed by atoms with E-state index >= 15 is 0 Å². The summed E-state index contributed by atoms with van der Waals surface area (Å²) in [5, 5.41) is 0. The number of nitrogens with zero attached hydrogens (tertiary/aromatic N) is 2. The molecule has 0 aromatic carbocycles. The van der Waals surface area contributed by atoms with E-state index in [0.29, 0.717) is 32.2 Å². The summed E-state index contributed by atoms with van der Waals surface area (Å²) in [5.74, 6) is 0.744. The predicted molar refractivity (Wildman–Crippen MR) is 78.1 cm³/mol. The van der Waals surface area contributed by atoms with Gasteiger partial charge < -0.3 is 5.73 Å². The van der Waals surface area contributed by atoms with Gasteiger partial charge in [-0.25, -0.2) is 0 Å². The SMILES string of the molecule is CCCC1CCC(N)C(N2CCN(CC(F)(F)F)CC2)C1. The highest BCUT2D eigenvalue weighted by atomic mass is 19.4. The molecule has 3 atom stereocenters. The predicted octanol–water partition coefficient (Wildman–Crippen LogP) is 2.46. The lowest BCUT2D eigenvalue weighted by molar-refractivity contribution is -0.150.